The van der Waals surface area contributed by atoms with Gasteiger partial charge in [0.1, 0.15) is 0 Å². The van der Waals surface area contributed by atoms with Gasteiger partial charge < -0.3 is 30.6 Å². The molecular weight excluding hydrogens is 506 g/mol. The molecule has 37 heavy (non-hydrogen) atoms. The Labute approximate surface area is 210 Å². The van der Waals surface area contributed by atoms with Gasteiger partial charge in [-0.3, -0.25) is 65.6 Å². The molecule has 0 unspecified atom stereocenters. The molecule has 0 aromatic carbocycles. The molecule has 0 saturated heterocycles. The largest absolute Gasteiger partial charge is 0.480 e. The summed E-state index contributed by atoms with van der Waals surface area (Å²) in [5.41, 5.74) is 0. The first-order valence-corrected chi connectivity index (χ1v) is 10.7. The lowest BCUT2D eigenvalue weighted by molar-refractivity contribution is -0.137. The summed E-state index contributed by atoms with van der Waals surface area (Å²) in [5, 5.41) is 69.3. The van der Waals surface area contributed by atoms with Crippen molar-refractivity contribution in [2.75, 3.05) is 58.9 Å². The Bertz CT molecular complexity index is 630. The number of carboxylic acid groups (broad SMARTS) is 6. The summed E-state index contributed by atoms with van der Waals surface area (Å²) in [7, 11) is 0. The van der Waals surface area contributed by atoms with Crippen LogP contribution >= 0.6 is 0 Å². The van der Waals surface area contributed by atoms with E-state index in [-0.39, 0.29) is 19.6 Å². The van der Waals surface area contributed by atoms with E-state index in [1.54, 1.807) is 0 Å². The summed E-state index contributed by atoms with van der Waals surface area (Å²) in [6.07, 6.45) is -2.90. The molecule has 0 heterocycles. The summed E-state index contributed by atoms with van der Waals surface area (Å²) < 4.78 is 0. The van der Waals surface area contributed by atoms with E-state index in [1.807, 2.05) is 0 Å². The van der Waals surface area contributed by atoms with Gasteiger partial charge in [-0.15, -0.1) is 0 Å². The minimum Gasteiger partial charge on any atom is -0.480 e. The van der Waals surface area contributed by atoms with Crippen molar-refractivity contribution >= 4 is 35.8 Å². The molecule has 212 valence electrons. The highest BCUT2D eigenvalue weighted by molar-refractivity contribution is 5.71. The molecule has 0 aliphatic rings. The van der Waals surface area contributed by atoms with Gasteiger partial charge in [0.25, 0.3) is 0 Å². The van der Waals surface area contributed by atoms with Gasteiger partial charge in [-0.2, -0.15) is 0 Å². The topological polar surface area (TPSA) is 299 Å². The van der Waals surface area contributed by atoms with Gasteiger partial charge in [-0.25, -0.2) is 0 Å². The zero-order chi connectivity index (χ0) is 28.4. The Kier molecular flexibility index (Phi) is 17.0. The highest BCUT2D eigenvalue weighted by Crippen LogP contribution is 1.98. The van der Waals surface area contributed by atoms with Gasteiger partial charge in [-0.1, -0.05) is 0 Å². The van der Waals surface area contributed by atoms with Crippen LogP contribution < -0.4 is 31.9 Å². The monoisotopic (exact) mass is 539 g/mol. The fourth-order valence-electron chi connectivity index (χ4n) is 2.87. The molecule has 0 aromatic rings. The molecule has 0 saturated carbocycles. The fourth-order valence-corrected chi connectivity index (χ4v) is 2.87. The van der Waals surface area contributed by atoms with Crippen LogP contribution in [0.4, 0.5) is 0 Å². The zero-order valence-electron chi connectivity index (χ0n) is 19.7. The summed E-state index contributed by atoms with van der Waals surface area (Å²) in [4.78, 5) is 67.5. The van der Waals surface area contributed by atoms with Gasteiger partial charge >= 0.3 is 35.8 Å². The fraction of sp³-hybridized carbons (Fsp3) is 0.667. The number of nitrogens with zero attached hydrogens (tertiary/aromatic N) is 1. The van der Waals surface area contributed by atoms with Crippen LogP contribution in [-0.2, 0) is 28.8 Å². The maximum Gasteiger partial charge on any atom is 0.317 e. The average molecular weight is 539 g/mol. The summed E-state index contributed by atoms with van der Waals surface area (Å²) >= 11 is 0. The van der Waals surface area contributed by atoms with Crippen LogP contribution in [-0.4, -0.2) is 149 Å². The number of aliphatic carboxylic acids is 6. The van der Waals surface area contributed by atoms with Crippen LogP contribution in [0.2, 0.25) is 0 Å². The summed E-state index contributed by atoms with van der Waals surface area (Å²) in [6, 6.07) is 0. The Morgan fingerprint density at radius 1 is 0.405 bits per heavy atom. The van der Waals surface area contributed by atoms with Crippen molar-refractivity contribution < 1.29 is 59.4 Å². The maximum atomic E-state index is 11.0. The molecule has 0 rings (SSSR count). The van der Waals surface area contributed by atoms with E-state index in [2.05, 4.69) is 31.9 Å². The van der Waals surface area contributed by atoms with Crippen molar-refractivity contribution in [3.05, 3.63) is 0 Å². The van der Waals surface area contributed by atoms with Crippen molar-refractivity contribution in [1.82, 2.24) is 36.8 Å². The highest BCUT2D eigenvalue weighted by atomic mass is 16.4. The van der Waals surface area contributed by atoms with E-state index >= 15 is 0 Å². The first-order valence-electron chi connectivity index (χ1n) is 10.7. The molecular formula is C18H33N7O12. The second-order valence-electron chi connectivity index (χ2n) is 7.52. The molecule has 0 bridgehead atoms. The molecule has 0 fully saturated rings. The van der Waals surface area contributed by atoms with E-state index in [9.17, 15) is 28.8 Å². The lowest BCUT2D eigenvalue weighted by Crippen LogP contribution is -2.61. The highest BCUT2D eigenvalue weighted by Gasteiger charge is 2.23. The van der Waals surface area contributed by atoms with Crippen LogP contribution in [0, 0.1) is 0 Å². The third-order valence-electron chi connectivity index (χ3n) is 4.32. The average Bonchev–Trinajstić information content (AvgIpc) is 2.78. The second-order valence-corrected chi connectivity index (χ2v) is 7.52. The van der Waals surface area contributed by atoms with Gasteiger partial charge in [0.05, 0.1) is 57.8 Å². The van der Waals surface area contributed by atoms with Gasteiger partial charge in [0.15, 0.2) is 0 Å². The van der Waals surface area contributed by atoms with Crippen LogP contribution in [0.3, 0.4) is 0 Å². The van der Waals surface area contributed by atoms with Crippen molar-refractivity contribution in [3.63, 3.8) is 0 Å². The number of rotatable bonds is 24. The molecule has 19 heteroatoms. The smallest absolute Gasteiger partial charge is 0.317 e. The Hall–Kier alpha value is -3.46. The molecule has 0 amide bonds. The molecule has 0 radical (unpaired) electrons. The second kappa shape index (κ2) is 18.8. The minimum absolute atomic E-state index is 0.152. The molecule has 0 aromatic heterocycles. The number of carbonyl (C=O) groups is 6. The predicted octanol–water partition coefficient (Wildman–Crippen LogP) is -5.69. The molecule has 0 spiro atoms. The Balaban J connectivity index is 5.86. The SMILES string of the molecule is O=C(O)CNC(CN(CC(NCC(=O)O)NCC(=O)O)CC(NCC(=O)O)NCC(=O)O)NCC(=O)O. The molecule has 0 atom stereocenters. The first kappa shape index (κ1) is 33.5. The lowest BCUT2D eigenvalue weighted by atomic mass is 10.3. The van der Waals surface area contributed by atoms with Crippen LogP contribution in [0.1, 0.15) is 0 Å². The number of nitrogens with one attached hydrogen (secondary N) is 6. The third-order valence-corrected chi connectivity index (χ3v) is 4.32. The van der Waals surface area contributed by atoms with Gasteiger partial charge in [0, 0.05) is 19.6 Å². The van der Waals surface area contributed by atoms with Crippen molar-refractivity contribution in [2.45, 2.75) is 18.5 Å². The zero-order valence-corrected chi connectivity index (χ0v) is 19.7. The van der Waals surface area contributed by atoms with E-state index in [4.69, 9.17) is 30.6 Å². The van der Waals surface area contributed by atoms with Crippen LogP contribution in [0.25, 0.3) is 0 Å². The van der Waals surface area contributed by atoms with E-state index in [0.717, 1.165) is 0 Å². The lowest BCUT2D eigenvalue weighted by Gasteiger charge is -2.34. The van der Waals surface area contributed by atoms with E-state index < -0.39 is 93.6 Å². The van der Waals surface area contributed by atoms with Crippen molar-refractivity contribution in [2.24, 2.45) is 0 Å². The Morgan fingerprint density at radius 3 is 0.703 bits per heavy atom. The summed E-state index contributed by atoms with van der Waals surface area (Å²) in [6.45, 7) is -3.87. The van der Waals surface area contributed by atoms with Crippen molar-refractivity contribution in [3.8, 4) is 0 Å². The quantitative estimate of drug-likeness (QED) is 0.0508. The predicted molar refractivity (Wildman–Crippen MR) is 122 cm³/mol. The molecule has 12 N–H and O–H groups in total. The first-order chi connectivity index (χ1) is 17.3. The van der Waals surface area contributed by atoms with Gasteiger partial charge in [-0.05, 0) is 0 Å². The van der Waals surface area contributed by atoms with E-state index in [0.29, 0.717) is 0 Å². The molecule has 0 aliphatic carbocycles. The number of carboxylic acids is 6. The van der Waals surface area contributed by atoms with E-state index in [1.165, 1.54) is 4.90 Å². The molecule has 19 nitrogen and oxygen atoms in total. The van der Waals surface area contributed by atoms with Crippen molar-refractivity contribution in [1.29, 1.82) is 0 Å². The molecule has 0 aliphatic heterocycles. The van der Waals surface area contributed by atoms with Crippen LogP contribution in [0.15, 0.2) is 0 Å². The Morgan fingerprint density at radius 2 is 0.568 bits per heavy atom. The maximum absolute atomic E-state index is 11.0. The number of hydrogen-bond donors (Lipinski definition) is 12. The number of hydrogen-bond acceptors (Lipinski definition) is 13. The van der Waals surface area contributed by atoms with Gasteiger partial charge in [0.2, 0.25) is 0 Å². The minimum atomic E-state index is -1.25. The standard InChI is InChI=1S/C18H33N7O12/c26-13(27)1-19-10(20-2-14(28)29)7-25(8-11(21-3-15(30)31)22-4-16(32)33)9-12(23-5-17(34)35)24-6-18(36)37/h10-12,19-24H,1-9H2,(H,26,27)(H,28,29)(H,30,31)(H,32,33)(H,34,35)(H,36,37). The third kappa shape index (κ3) is 20.4. The summed E-state index contributed by atoms with van der Waals surface area (Å²) in [5.74, 6) is -7.49. The normalized spacial score (nSPS) is 11.4. The van der Waals surface area contributed by atoms with Crippen LogP contribution in [0.5, 0.6) is 0 Å².